The Kier molecular flexibility index (Phi) is 5.25. The highest BCUT2D eigenvalue weighted by atomic mass is 16.3. The third-order valence-corrected chi connectivity index (χ3v) is 9.17. The van der Waals surface area contributed by atoms with E-state index < -0.39 is 0 Å². The first-order valence-corrected chi connectivity index (χ1v) is 15.5. The molecule has 0 saturated carbocycles. The van der Waals surface area contributed by atoms with E-state index in [1.165, 1.54) is 16.3 Å². The van der Waals surface area contributed by atoms with Crippen LogP contribution in [0.2, 0.25) is 0 Å². The lowest BCUT2D eigenvalue weighted by Gasteiger charge is -2.26. The fourth-order valence-corrected chi connectivity index (χ4v) is 7.21. The van der Waals surface area contributed by atoms with Crippen molar-refractivity contribution < 1.29 is 8.83 Å². The van der Waals surface area contributed by atoms with Gasteiger partial charge in [-0.2, -0.15) is 0 Å². The zero-order valence-electron chi connectivity index (χ0n) is 24.7. The summed E-state index contributed by atoms with van der Waals surface area (Å²) in [5.41, 5.74) is 9.95. The van der Waals surface area contributed by atoms with Gasteiger partial charge < -0.3 is 18.3 Å². The van der Waals surface area contributed by atoms with Crippen molar-refractivity contribution in [2.75, 3.05) is 4.90 Å². The predicted molar refractivity (Wildman–Crippen MR) is 190 cm³/mol. The van der Waals surface area contributed by atoms with Crippen molar-refractivity contribution >= 4 is 82.7 Å². The number of furan rings is 2. The molecular formula is C42H26N2O2. The van der Waals surface area contributed by atoms with Crippen molar-refractivity contribution in [3.8, 4) is 5.69 Å². The molecule has 0 radical (unpaired) electrons. The number of hydrogen-bond acceptors (Lipinski definition) is 3. The third-order valence-electron chi connectivity index (χ3n) is 9.17. The molecule has 4 heteroatoms. The van der Waals surface area contributed by atoms with E-state index in [1.807, 2.05) is 24.3 Å². The molecule has 46 heavy (non-hydrogen) atoms. The van der Waals surface area contributed by atoms with E-state index in [0.717, 1.165) is 72.1 Å². The third kappa shape index (κ3) is 3.55. The van der Waals surface area contributed by atoms with E-state index in [-0.39, 0.29) is 0 Å². The normalized spacial score (nSPS) is 11.9. The number of hydrogen-bond donors (Lipinski definition) is 0. The molecule has 7 aromatic carbocycles. The van der Waals surface area contributed by atoms with Crippen molar-refractivity contribution in [2.45, 2.75) is 0 Å². The van der Waals surface area contributed by atoms with Crippen LogP contribution in [0.3, 0.4) is 0 Å². The van der Waals surface area contributed by atoms with Crippen LogP contribution in [0, 0.1) is 0 Å². The highest BCUT2D eigenvalue weighted by molar-refractivity contribution is 6.17. The largest absolute Gasteiger partial charge is 0.456 e. The van der Waals surface area contributed by atoms with E-state index in [9.17, 15) is 0 Å². The zero-order chi connectivity index (χ0) is 30.2. The molecule has 0 unspecified atom stereocenters. The van der Waals surface area contributed by atoms with Crippen LogP contribution in [0.25, 0.3) is 71.4 Å². The molecule has 0 bridgehead atoms. The van der Waals surface area contributed by atoms with Gasteiger partial charge >= 0.3 is 0 Å². The van der Waals surface area contributed by atoms with E-state index in [2.05, 4.69) is 143 Å². The number of fused-ring (bicyclic) bond motifs is 9. The van der Waals surface area contributed by atoms with Gasteiger partial charge in [-0.25, -0.2) is 0 Å². The second kappa shape index (κ2) is 9.62. The minimum atomic E-state index is 0.848. The molecule has 0 spiro atoms. The Balaban J connectivity index is 1.31. The summed E-state index contributed by atoms with van der Waals surface area (Å²) in [5.74, 6) is 0. The van der Waals surface area contributed by atoms with Crippen molar-refractivity contribution in [3.63, 3.8) is 0 Å². The first kappa shape index (κ1) is 25.1. The molecule has 10 rings (SSSR count). The molecule has 3 heterocycles. The number of benzene rings is 7. The number of para-hydroxylation sites is 5. The molecule has 0 aliphatic carbocycles. The molecule has 0 aliphatic rings. The topological polar surface area (TPSA) is 34.5 Å². The van der Waals surface area contributed by atoms with Crippen LogP contribution in [-0.2, 0) is 0 Å². The van der Waals surface area contributed by atoms with Crippen LogP contribution in [0.1, 0.15) is 0 Å². The number of nitrogens with zero attached hydrogens (tertiary/aromatic N) is 2. The highest BCUT2D eigenvalue weighted by Gasteiger charge is 2.24. The summed E-state index contributed by atoms with van der Waals surface area (Å²) in [6, 6.07) is 55.3. The minimum Gasteiger partial charge on any atom is -0.456 e. The summed E-state index contributed by atoms with van der Waals surface area (Å²) in [6.45, 7) is 0. The molecule has 0 amide bonds. The fourth-order valence-electron chi connectivity index (χ4n) is 7.21. The smallest absolute Gasteiger partial charge is 0.159 e. The van der Waals surface area contributed by atoms with Crippen LogP contribution < -0.4 is 4.90 Å². The van der Waals surface area contributed by atoms with Gasteiger partial charge in [-0.05, 0) is 66.7 Å². The second-order valence-electron chi connectivity index (χ2n) is 11.7. The summed E-state index contributed by atoms with van der Waals surface area (Å²) in [4.78, 5) is 2.34. The lowest BCUT2D eigenvalue weighted by Crippen LogP contribution is -2.10. The Morgan fingerprint density at radius 2 is 1.04 bits per heavy atom. The van der Waals surface area contributed by atoms with Crippen LogP contribution in [0.5, 0.6) is 0 Å². The molecule has 3 aromatic heterocycles. The quantitative estimate of drug-likeness (QED) is 0.204. The molecule has 0 N–H and O–H groups in total. The Bertz CT molecular complexity index is 2770. The zero-order valence-corrected chi connectivity index (χ0v) is 24.7. The number of rotatable bonds is 4. The molecule has 10 aromatic rings. The molecule has 4 nitrogen and oxygen atoms in total. The van der Waals surface area contributed by atoms with Crippen LogP contribution >= 0.6 is 0 Å². The summed E-state index contributed by atoms with van der Waals surface area (Å²) in [7, 11) is 0. The van der Waals surface area contributed by atoms with Crippen molar-refractivity contribution in [2.24, 2.45) is 0 Å². The molecular weight excluding hydrogens is 564 g/mol. The van der Waals surface area contributed by atoms with Gasteiger partial charge in [0.05, 0.1) is 27.8 Å². The summed E-state index contributed by atoms with van der Waals surface area (Å²) >= 11 is 0. The summed E-state index contributed by atoms with van der Waals surface area (Å²) in [5, 5.41) is 6.73. The Labute approximate surface area is 263 Å². The molecule has 216 valence electrons. The van der Waals surface area contributed by atoms with Gasteiger partial charge in [0.2, 0.25) is 0 Å². The summed E-state index contributed by atoms with van der Waals surface area (Å²) < 4.78 is 15.4. The van der Waals surface area contributed by atoms with Crippen LogP contribution in [-0.4, -0.2) is 4.57 Å². The van der Waals surface area contributed by atoms with E-state index in [1.54, 1.807) is 0 Å². The molecule has 0 aliphatic heterocycles. The maximum absolute atomic E-state index is 6.64. The minimum absolute atomic E-state index is 0.848. The van der Waals surface area contributed by atoms with Gasteiger partial charge in [-0.3, -0.25) is 0 Å². The maximum Gasteiger partial charge on any atom is 0.159 e. The summed E-state index contributed by atoms with van der Waals surface area (Å²) in [6.07, 6.45) is 0. The second-order valence-corrected chi connectivity index (χ2v) is 11.7. The predicted octanol–water partition coefficient (Wildman–Crippen LogP) is 12.1. The van der Waals surface area contributed by atoms with Crippen molar-refractivity contribution in [3.05, 3.63) is 158 Å². The first-order valence-electron chi connectivity index (χ1n) is 15.5. The van der Waals surface area contributed by atoms with Crippen molar-refractivity contribution in [1.82, 2.24) is 4.57 Å². The molecule has 0 saturated heterocycles. The first-order chi connectivity index (χ1) is 22.8. The lowest BCUT2D eigenvalue weighted by molar-refractivity contribution is 0.668. The van der Waals surface area contributed by atoms with Crippen molar-refractivity contribution in [1.29, 1.82) is 0 Å². The Hall–Kier alpha value is -6.26. The number of anilines is 3. The SMILES string of the molecule is c1ccc(-n2c3ccccc3c3cc(N(c4cccc5c4oc4ccccc45)c4cccc5oc6ccccc6c45)ccc32)cc1. The van der Waals surface area contributed by atoms with Gasteiger partial charge in [-0.1, -0.05) is 91.0 Å². The van der Waals surface area contributed by atoms with E-state index >= 15 is 0 Å². The monoisotopic (exact) mass is 590 g/mol. The standard InChI is InChI=1S/C42H26N2O2/c1-2-12-27(13-3-1)43-34-18-7-4-14-29(34)33-26-28(24-25-35(33)43)44(36-19-11-23-40-41(36)32-16-6-9-22-39(32)45-40)37-20-10-17-31-30-15-5-8-21-38(30)46-42(31)37/h1-26H. The van der Waals surface area contributed by atoms with E-state index in [4.69, 9.17) is 8.83 Å². The fraction of sp³-hybridized carbons (Fsp3) is 0. The molecule has 0 fully saturated rings. The lowest BCUT2D eigenvalue weighted by atomic mass is 10.1. The van der Waals surface area contributed by atoms with Gasteiger partial charge in [0, 0.05) is 38.3 Å². The van der Waals surface area contributed by atoms with Gasteiger partial charge in [0.1, 0.15) is 16.7 Å². The maximum atomic E-state index is 6.64. The van der Waals surface area contributed by atoms with Gasteiger partial charge in [-0.15, -0.1) is 0 Å². The van der Waals surface area contributed by atoms with Gasteiger partial charge in [0.15, 0.2) is 5.58 Å². The average molecular weight is 591 g/mol. The Morgan fingerprint density at radius 1 is 0.413 bits per heavy atom. The highest BCUT2D eigenvalue weighted by Crippen LogP contribution is 2.47. The Morgan fingerprint density at radius 3 is 1.91 bits per heavy atom. The average Bonchev–Trinajstić information content (AvgIpc) is 3.79. The van der Waals surface area contributed by atoms with E-state index in [0.29, 0.717) is 0 Å². The van der Waals surface area contributed by atoms with Gasteiger partial charge in [0.25, 0.3) is 0 Å². The molecule has 0 atom stereocenters. The van der Waals surface area contributed by atoms with Crippen LogP contribution in [0.4, 0.5) is 17.1 Å². The van der Waals surface area contributed by atoms with Crippen LogP contribution in [0.15, 0.2) is 167 Å². The number of aromatic nitrogens is 1.